The zero-order valence-electron chi connectivity index (χ0n) is 14.0. The molecule has 5 heteroatoms. The molecule has 0 spiro atoms. The molecule has 1 aromatic heterocycles. The van der Waals surface area contributed by atoms with Crippen molar-refractivity contribution in [1.82, 2.24) is 4.57 Å². The van der Waals surface area contributed by atoms with E-state index >= 15 is 0 Å². The summed E-state index contributed by atoms with van der Waals surface area (Å²) in [5.41, 5.74) is 3.42. The van der Waals surface area contributed by atoms with Crippen molar-refractivity contribution in [2.24, 2.45) is 7.05 Å². The van der Waals surface area contributed by atoms with E-state index in [1.807, 2.05) is 49.5 Å². The van der Waals surface area contributed by atoms with Crippen molar-refractivity contribution in [3.8, 4) is 0 Å². The predicted molar refractivity (Wildman–Crippen MR) is 90.0 cm³/mol. The summed E-state index contributed by atoms with van der Waals surface area (Å²) in [6, 6.07) is 18.2. The Morgan fingerprint density at radius 1 is 1.08 bits per heavy atom. The van der Waals surface area contributed by atoms with Gasteiger partial charge in [-0.3, -0.25) is 0 Å². The molecule has 4 nitrogen and oxygen atoms in total. The maximum Gasteiger partial charge on any atom is 0.254 e. The van der Waals surface area contributed by atoms with E-state index in [2.05, 4.69) is 28.2 Å². The second-order valence-corrected chi connectivity index (χ2v) is 5.86. The van der Waals surface area contributed by atoms with Gasteiger partial charge in [-0.05, 0) is 17.7 Å². The van der Waals surface area contributed by atoms with Crippen LogP contribution < -0.4 is 28.5 Å². The summed E-state index contributed by atoms with van der Waals surface area (Å²) < 4.78 is 9.93. The summed E-state index contributed by atoms with van der Waals surface area (Å²) >= 11 is 0. The molecule has 1 heterocycles. The number of hydrogen-bond donors (Lipinski definition) is 1. The van der Waals surface area contributed by atoms with Gasteiger partial charge in [0.05, 0.1) is 20.3 Å². The Labute approximate surface area is 159 Å². The predicted octanol–water partition coefficient (Wildman–Crippen LogP) is -0.644. The lowest BCUT2D eigenvalue weighted by molar-refractivity contribution is -0.652. The summed E-state index contributed by atoms with van der Waals surface area (Å²) in [5.74, 6) is 1.12. The van der Waals surface area contributed by atoms with Crippen LogP contribution >= 0.6 is 0 Å². The summed E-state index contributed by atoms with van der Waals surface area (Å²) in [7, 11) is 2.05. The Bertz CT molecular complexity index is 787. The van der Waals surface area contributed by atoms with Gasteiger partial charge >= 0.3 is 0 Å². The smallest absolute Gasteiger partial charge is 0.254 e. The highest BCUT2D eigenvalue weighted by Crippen LogP contribution is 2.14. The maximum absolute atomic E-state index is 10.3. The van der Waals surface area contributed by atoms with E-state index in [1.54, 1.807) is 0 Å². The molecule has 128 valence electrons. The fraction of sp³-hybridized carbons (Fsp3) is 0.316. The Kier molecular flexibility index (Phi) is 6.77. The zero-order valence-corrected chi connectivity index (χ0v) is 16.2. The van der Waals surface area contributed by atoms with Crippen LogP contribution in [0.4, 0.5) is 0 Å². The van der Waals surface area contributed by atoms with E-state index < -0.39 is 6.10 Å². The first-order chi connectivity index (χ1) is 11.2. The van der Waals surface area contributed by atoms with Crippen LogP contribution in [0.3, 0.4) is 0 Å². The number of halogens is 1. The third-order valence-electron chi connectivity index (χ3n) is 4.23. The molecule has 0 saturated carbocycles. The van der Waals surface area contributed by atoms with Crippen LogP contribution in [0.5, 0.6) is 0 Å². The van der Waals surface area contributed by atoms with Crippen molar-refractivity contribution < 1.29 is 38.4 Å². The lowest BCUT2D eigenvalue weighted by atomic mass is 10.2. The van der Waals surface area contributed by atoms with E-state index in [9.17, 15) is 5.11 Å². The molecule has 2 aromatic carbocycles. The highest BCUT2D eigenvalue weighted by molar-refractivity contribution is 5.72. The highest BCUT2D eigenvalue weighted by Gasteiger charge is 2.21. The Hall–Kier alpha value is -1.44. The Morgan fingerprint density at radius 3 is 2.50 bits per heavy atom. The molecule has 3 rings (SSSR count). The van der Waals surface area contributed by atoms with Gasteiger partial charge in [-0.1, -0.05) is 42.5 Å². The number of para-hydroxylation sites is 2. The van der Waals surface area contributed by atoms with Crippen molar-refractivity contribution in [2.45, 2.75) is 26.2 Å². The molecular formula is C19H23IN2O2. The fourth-order valence-electron chi connectivity index (χ4n) is 2.89. The molecule has 0 fully saturated rings. The number of rotatable bonds is 6. The van der Waals surface area contributed by atoms with E-state index in [1.165, 1.54) is 5.52 Å². The monoisotopic (exact) mass is 438 g/mol. The normalized spacial score (nSPS) is 12.1. The standard InChI is InChI=1S/C19H23N2O2.HI/c1-15-20(2)18-10-6-7-11-19(18)21(15)12-17(22)14-23-13-16-8-4-3-5-9-16;/h3-11,17,22H,12-14H2,1-2H3;1H/q+1;/p-1. The first kappa shape index (κ1) is 18.9. The number of benzene rings is 2. The Morgan fingerprint density at radius 2 is 1.75 bits per heavy atom. The number of imidazole rings is 1. The van der Waals surface area contributed by atoms with Crippen LogP contribution in [0.1, 0.15) is 11.4 Å². The first-order valence-electron chi connectivity index (χ1n) is 7.90. The lowest BCUT2D eigenvalue weighted by Crippen LogP contribution is -3.00. The van der Waals surface area contributed by atoms with Crippen LogP contribution in [0, 0.1) is 6.92 Å². The molecule has 0 saturated heterocycles. The molecule has 3 aromatic rings. The number of aryl methyl sites for hydroxylation is 1. The molecule has 0 aliphatic heterocycles. The molecule has 0 aliphatic carbocycles. The molecule has 0 amide bonds. The van der Waals surface area contributed by atoms with Gasteiger partial charge in [0, 0.05) is 6.92 Å². The fourth-order valence-corrected chi connectivity index (χ4v) is 2.89. The number of ether oxygens (including phenoxy) is 1. The summed E-state index contributed by atoms with van der Waals surface area (Å²) in [6.45, 7) is 3.45. The molecule has 1 N–H and O–H groups in total. The van der Waals surface area contributed by atoms with Gasteiger partial charge in [0.1, 0.15) is 12.6 Å². The number of aliphatic hydroxyl groups is 1. The van der Waals surface area contributed by atoms with Gasteiger partial charge in [-0.25, -0.2) is 9.13 Å². The zero-order chi connectivity index (χ0) is 16.2. The summed E-state index contributed by atoms with van der Waals surface area (Å²) in [6.07, 6.45) is -0.534. The highest BCUT2D eigenvalue weighted by atomic mass is 127. The topological polar surface area (TPSA) is 38.3 Å². The third-order valence-corrected chi connectivity index (χ3v) is 4.23. The molecule has 0 aliphatic rings. The van der Waals surface area contributed by atoms with Gasteiger partial charge < -0.3 is 33.8 Å². The Balaban J connectivity index is 0.00000208. The van der Waals surface area contributed by atoms with Crippen LogP contribution in [0.2, 0.25) is 0 Å². The average molecular weight is 438 g/mol. The van der Waals surface area contributed by atoms with E-state index in [0.717, 1.165) is 16.9 Å². The number of aliphatic hydroxyl groups excluding tert-OH is 1. The van der Waals surface area contributed by atoms with Gasteiger partial charge in [0.15, 0.2) is 11.0 Å². The number of fused-ring (bicyclic) bond motifs is 1. The van der Waals surface area contributed by atoms with Crippen LogP contribution in [-0.2, 0) is 24.9 Å². The average Bonchev–Trinajstić information content (AvgIpc) is 2.81. The van der Waals surface area contributed by atoms with Gasteiger partial charge in [-0.2, -0.15) is 0 Å². The van der Waals surface area contributed by atoms with E-state index in [-0.39, 0.29) is 24.0 Å². The molecule has 1 unspecified atom stereocenters. The molecule has 0 radical (unpaired) electrons. The summed E-state index contributed by atoms with van der Waals surface area (Å²) in [4.78, 5) is 0. The second-order valence-electron chi connectivity index (χ2n) is 5.86. The lowest BCUT2D eigenvalue weighted by Gasteiger charge is -2.10. The first-order valence-corrected chi connectivity index (χ1v) is 7.90. The molecule has 0 bridgehead atoms. The van der Waals surface area contributed by atoms with Crippen molar-refractivity contribution in [3.63, 3.8) is 0 Å². The minimum Gasteiger partial charge on any atom is -1.00 e. The quantitative estimate of drug-likeness (QED) is 0.411. The van der Waals surface area contributed by atoms with Crippen molar-refractivity contribution in [2.75, 3.05) is 6.61 Å². The minimum atomic E-state index is -0.534. The SMILES string of the molecule is Cc1n(CC(O)COCc2ccccc2)c2ccccc2[n+]1C.[I-]. The van der Waals surface area contributed by atoms with E-state index in [0.29, 0.717) is 19.8 Å². The van der Waals surface area contributed by atoms with Crippen LogP contribution in [0.25, 0.3) is 11.0 Å². The van der Waals surface area contributed by atoms with Crippen molar-refractivity contribution >= 4 is 11.0 Å². The van der Waals surface area contributed by atoms with Gasteiger partial charge in [0.25, 0.3) is 5.82 Å². The number of aromatic nitrogens is 2. The van der Waals surface area contributed by atoms with E-state index in [4.69, 9.17) is 4.74 Å². The summed E-state index contributed by atoms with van der Waals surface area (Å²) in [5, 5.41) is 10.3. The van der Waals surface area contributed by atoms with Crippen molar-refractivity contribution in [3.05, 3.63) is 66.0 Å². The number of hydrogen-bond acceptors (Lipinski definition) is 2. The maximum atomic E-state index is 10.3. The molecule has 24 heavy (non-hydrogen) atoms. The molecule has 1 atom stereocenters. The largest absolute Gasteiger partial charge is 1.00 e. The van der Waals surface area contributed by atoms with Gasteiger partial charge in [0.2, 0.25) is 0 Å². The van der Waals surface area contributed by atoms with Crippen LogP contribution in [0.15, 0.2) is 54.6 Å². The second kappa shape index (κ2) is 8.60. The van der Waals surface area contributed by atoms with Gasteiger partial charge in [-0.15, -0.1) is 0 Å². The number of nitrogens with zero attached hydrogens (tertiary/aromatic N) is 2. The molecular weight excluding hydrogens is 415 g/mol. The van der Waals surface area contributed by atoms with Crippen molar-refractivity contribution in [1.29, 1.82) is 0 Å². The van der Waals surface area contributed by atoms with Crippen LogP contribution in [-0.4, -0.2) is 22.4 Å². The third kappa shape index (κ3) is 4.15. The minimum absolute atomic E-state index is 0.